The fourth-order valence-corrected chi connectivity index (χ4v) is 3.01. The molecule has 2 rings (SSSR count). The van der Waals surface area contributed by atoms with Crippen LogP contribution >= 0.6 is 27.5 Å². The van der Waals surface area contributed by atoms with E-state index in [1.165, 1.54) is 19.3 Å². The van der Waals surface area contributed by atoms with Crippen LogP contribution in [0.15, 0.2) is 22.7 Å². The van der Waals surface area contributed by atoms with Crippen LogP contribution in [0.25, 0.3) is 0 Å². The van der Waals surface area contributed by atoms with Gasteiger partial charge in [0.25, 0.3) is 0 Å². The first-order chi connectivity index (χ1) is 8.08. The molecular formula is C14H19BrClN. The van der Waals surface area contributed by atoms with Gasteiger partial charge in [0.2, 0.25) is 0 Å². The van der Waals surface area contributed by atoms with Gasteiger partial charge in [-0.1, -0.05) is 38.3 Å². The summed E-state index contributed by atoms with van der Waals surface area (Å²) in [7, 11) is 0. The lowest BCUT2D eigenvalue weighted by Gasteiger charge is -2.35. The van der Waals surface area contributed by atoms with Crippen LogP contribution in [0.5, 0.6) is 0 Å². The first-order valence-corrected chi connectivity index (χ1v) is 7.46. The zero-order chi connectivity index (χ0) is 12.4. The third kappa shape index (κ3) is 3.17. The topological polar surface area (TPSA) is 12.0 Å². The highest BCUT2D eigenvalue weighted by molar-refractivity contribution is 9.10. The van der Waals surface area contributed by atoms with Crippen molar-refractivity contribution in [3.8, 4) is 0 Å². The van der Waals surface area contributed by atoms with Gasteiger partial charge in [0, 0.05) is 16.2 Å². The predicted molar refractivity (Wildman–Crippen MR) is 78.7 cm³/mol. The second kappa shape index (κ2) is 5.62. The standard InChI is InChI=1S/C14H19BrClN/c1-9-4-3-5-14(10(9)2)17-11-6-7-12(15)13(16)8-11/h6-10,14,17H,3-5H2,1-2H3. The third-order valence-corrected chi connectivity index (χ3v) is 5.21. The summed E-state index contributed by atoms with van der Waals surface area (Å²) in [6.45, 7) is 4.70. The number of rotatable bonds is 2. The molecule has 0 aliphatic heterocycles. The minimum absolute atomic E-state index is 0.580. The van der Waals surface area contributed by atoms with E-state index in [-0.39, 0.29) is 0 Å². The molecule has 1 nitrogen and oxygen atoms in total. The molecule has 3 unspecified atom stereocenters. The van der Waals surface area contributed by atoms with Gasteiger partial charge in [-0.2, -0.15) is 0 Å². The average molecular weight is 317 g/mol. The summed E-state index contributed by atoms with van der Waals surface area (Å²) in [5.74, 6) is 1.54. The monoisotopic (exact) mass is 315 g/mol. The smallest absolute Gasteiger partial charge is 0.0568 e. The molecule has 1 fully saturated rings. The van der Waals surface area contributed by atoms with Gasteiger partial charge in [-0.25, -0.2) is 0 Å². The molecular weight excluding hydrogens is 298 g/mol. The number of halogens is 2. The molecule has 1 saturated carbocycles. The zero-order valence-electron chi connectivity index (χ0n) is 10.3. The van der Waals surface area contributed by atoms with E-state index in [9.17, 15) is 0 Å². The van der Waals surface area contributed by atoms with Gasteiger partial charge in [-0.15, -0.1) is 0 Å². The van der Waals surface area contributed by atoms with Crippen LogP contribution in [-0.2, 0) is 0 Å². The molecule has 0 amide bonds. The van der Waals surface area contributed by atoms with Crippen LogP contribution in [0, 0.1) is 11.8 Å². The van der Waals surface area contributed by atoms with E-state index in [0.29, 0.717) is 6.04 Å². The SMILES string of the molecule is CC1CCCC(Nc2ccc(Br)c(Cl)c2)C1C. The van der Waals surface area contributed by atoms with Crippen molar-refractivity contribution in [1.29, 1.82) is 0 Å². The summed E-state index contributed by atoms with van der Waals surface area (Å²) in [5.41, 5.74) is 1.13. The van der Waals surface area contributed by atoms with Crippen molar-refractivity contribution in [2.75, 3.05) is 5.32 Å². The highest BCUT2D eigenvalue weighted by Crippen LogP contribution is 2.33. The highest BCUT2D eigenvalue weighted by atomic mass is 79.9. The Bertz CT molecular complexity index is 394. The normalized spacial score (nSPS) is 29.1. The summed E-state index contributed by atoms with van der Waals surface area (Å²) >= 11 is 9.53. The van der Waals surface area contributed by atoms with Crippen LogP contribution in [0.2, 0.25) is 5.02 Å². The molecule has 0 radical (unpaired) electrons. The van der Waals surface area contributed by atoms with E-state index in [1.54, 1.807) is 0 Å². The van der Waals surface area contributed by atoms with Gasteiger partial charge in [-0.05, 0) is 52.4 Å². The van der Waals surface area contributed by atoms with E-state index < -0.39 is 0 Å². The Morgan fingerprint density at radius 3 is 2.76 bits per heavy atom. The number of nitrogens with one attached hydrogen (secondary N) is 1. The Morgan fingerprint density at radius 2 is 2.06 bits per heavy atom. The maximum Gasteiger partial charge on any atom is 0.0568 e. The molecule has 1 N–H and O–H groups in total. The second-order valence-corrected chi connectivity index (χ2v) is 6.41. The molecule has 3 heteroatoms. The molecule has 94 valence electrons. The van der Waals surface area contributed by atoms with Gasteiger partial charge in [0.15, 0.2) is 0 Å². The number of benzene rings is 1. The summed E-state index contributed by atoms with van der Waals surface area (Å²) in [6, 6.07) is 6.66. The molecule has 0 aromatic heterocycles. The molecule has 3 atom stereocenters. The van der Waals surface area contributed by atoms with Gasteiger partial charge in [0.1, 0.15) is 0 Å². The molecule has 17 heavy (non-hydrogen) atoms. The molecule has 1 aliphatic carbocycles. The van der Waals surface area contributed by atoms with Crippen molar-refractivity contribution in [1.82, 2.24) is 0 Å². The van der Waals surface area contributed by atoms with Crippen molar-refractivity contribution < 1.29 is 0 Å². The molecule has 1 aromatic rings. The number of hydrogen-bond acceptors (Lipinski definition) is 1. The molecule has 1 aliphatic rings. The van der Waals surface area contributed by atoms with Gasteiger partial charge in [-0.3, -0.25) is 0 Å². The van der Waals surface area contributed by atoms with Crippen molar-refractivity contribution in [2.24, 2.45) is 11.8 Å². The van der Waals surface area contributed by atoms with E-state index in [4.69, 9.17) is 11.6 Å². The summed E-state index contributed by atoms with van der Waals surface area (Å²) in [5, 5.41) is 4.39. The Labute approximate surface area is 117 Å². The second-order valence-electron chi connectivity index (χ2n) is 5.15. The minimum Gasteiger partial charge on any atom is -0.382 e. The van der Waals surface area contributed by atoms with E-state index in [1.807, 2.05) is 12.1 Å². The van der Waals surface area contributed by atoms with Crippen LogP contribution in [0.1, 0.15) is 33.1 Å². The average Bonchev–Trinajstić information content (AvgIpc) is 2.30. The minimum atomic E-state index is 0.580. The van der Waals surface area contributed by atoms with E-state index >= 15 is 0 Å². The molecule has 0 spiro atoms. The Kier molecular flexibility index (Phi) is 4.37. The molecule has 1 aromatic carbocycles. The number of hydrogen-bond donors (Lipinski definition) is 1. The fourth-order valence-electron chi connectivity index (χ4n) is 2.59. The Balaban J connectivity index is 2.07. The lowest BCUT2D eigenvalue weighted by atomic mass is 9.78. The highest BCUT2D eigenvalue weighted by Gasteiger charge is 2.26. The zero-order valence-corrected chi connectivity index (χ0v) is 12.7. The van der Waals surface area contributed by atoms with Crippen molar-refractivity contribution in [3.05, 3.63) is 27.7 Å². The van der Waals surface area contributed by atoms with E-state index in [2.05, 4.69) is 41.2 Å². The van der Waals surface area contributed by atoms with Crippen LogP contribution in [0.4, 0.5) is 5.69 Å². The lowest BCUT2D eigenvalue weighted by Crippen LogP contribution is -2.34. The van der Waals surface area contributed by atoms with Gasteiger partial charge < -0.3 is 5.32 Å². The largest absolute Gasteiger partial charge is 0.382 e. The first-order valence-electron chi connectivity index (χ1n) is 6.29. The fraction of sp³-hybridized carbons (Fsp3) is 0.571. The first kappa shape index (κ1) is 13.2. The summed E-state index contributed by atoms with van der Waals surface area (Å²) in [4.78, 5) is 0. The van der Waals surface area contributed by atoms with Crippen molar-refractivity contribution >= 4 is 33.2 Å². The summed E-state index contributed by atoms with van der Waals surface area (Å²) < 4.78 is 0.953. The van der Waals surface area contributed by atoms with Gasteiger partial charge >= 0.3 is 0 Å². The van der Waals surface area contributed by atoms with Crippen LogP contribution < -0.4 is 5.32 Å². The van der Waals surface area contributed by atoms with Crippen molar-refractivity contribution in [3.63, 3.8) is 0 Å². The molecule has 0 heterocycles. The summed E-state index contributed by atoms with van der Waals surface area (Å²) in [6.07, 6.45) is 3.95. The maximum absolute atomic E-state index is 6.11. The number of anilines is 1. The lowest BCUT2D eigenvalue weighted by molar-refractivity contribution is 0.253. The Morgan fingerprint density at radius 1 is 1.29 bits per heavy atom. The van der Waals surface area contributed by atoms with Crippen molar-refractivity contribution in [2.45, 2.75) is 39.2 Å². The van der Waals surface area contributed by atoms with Crippen LogP contribution in [-0.4, -0.2) is 6.04 Å². The quantitative estimate of drug-likeness (QED) is 0.776. The van der Waals surface area contributed by atoms with Gasteiger partial charge in [0.05, 0.1) is 5.02 Å². The maximum atomic E-state index is 6.11. The molecule has 0 bridgehead atoms. The Hall–Kier alpha value is -0.210. The van der Waals surface area contributed by atoms with E-state index in [0.717, 1.165) is 27.0 Å². The molecule has 0 saturated heterocycles. The van der Waals surface area contributed by atoms with Crippen LogP contribution in [0.3, 0.4) is 0 Å². The third-order valence-electron chi connectivity index (χ3n) is 3.98. The predicted octanol–water partition coefficient (Wildman–Crippen LogP) is 5.34.